The van der Waals surface area contributed by atoms with Gasteiger partial charge in [0.05, 0.1) is 11.4 Å². The average molecular weight is 928 g/mol. The van der Waals surface area contributed by atoms with Gasteiger partial charge in [0, 0.05) is 109 Å². The second-order valence-corrected chi connectivity index (χ2v) is 18.0. The molecule has 0 atom stereocenters. The molecule has 0 radical (unpaired) electrons. The Morgan fingerprint density at radius 2 is 0.733 bits per heavy atom. The van der Waals surface area contributed by atoms with Gasteiger partial charge in [0.2, 0.25) is 11.9 Å². The monoisotopic (exact) mass is 925 g/mol. The number of nitrogens with one attached hydrogen (secondary N) is 1. The molecule has 6 aliphatic rings. The molecular weight excluding hydrogens is 874 g/mol. The molecule has 60 heavy (non-hydrogen) atoms. The predicted molar refractivity (Wildman–Crippen MR) is 260 cm³/mol. The van der Waals surface area contributed by atoms with Crippen LogP contribution in [0.2, 0.25) is 0 Å². The summed E-state index contributed by atoms with van der Waals surface area (Å²) in [5, 5.41) is 13.5. The van der Waals surface area contributed by atoms with Gasteiger partial charge in [-0.1, -0.05) is 97.1 Å². The van der Waals surface area contributed by atoms with E-state index in [-0.39, 0.29) is 0 Å². The molecule has 6 aromatic carbocycles. The molecule has 0 aliphatic carbocycles. The van der Waals surface area contributed by atoms with Crippen LogP contribution in [0, 0.1) is 0 Å². The minimum atomic E-state index is 0.930. The van der Waals surface area contributed by atoms with Gasteiger partial charge in [0.1, 0.15) is 0 Å². The Balaban J connectivity index is 0.000000136. The molecule has 12 rings (SSSR count). The minimum absolute atomic E-state index is 0.930. The quantitative estimate of drug-likeness (QED) is 0.175. The Bertz CT molecular complexity index is 2370. The van der Waals surface area contributed by atoms with Crippen molar-refractivity contribution in [2.75, 3.05) is 88.3 Å². The third kappa shape index (κ3) is 7.46. The fraction of sp³-hybridized carbons (Fsp3) is 0.367. The molecule has 0 spiro atoms. The summed E-state index contributed by atoms with van der Waals surface area (Å²) in [5.41, 5.74) is 2.64. The van der Waals surface area contributed by atoms with Crippen molar-refractivity contribution in [2.45, 2.75) is 38.5 Å². The second kappa shape index (κ2) is 17.6. The van der Waals surface area contributed by atoms with Crippen LogP contribution in [0.1, 0.15) is 38.5 Å². The number of guanidine groups is 3. The zero-order valence-electron chi connectivity index (χ0n) is 34.3. The smallest absolute Gasteiger partial charge is 0.201 e. The molecule has 3 saturated heterocycles. The third-order valence-corrected chi connectivity index (χ3v) is 14.3. The first kappa shape index (κ1) is 39.3. The molecule has 6 aromatic rings. The van der Waals surface area contributed by atoms with E-state index in [0.29, 0.717) is 0 Å². The van der Waals surface area contributed by atoms with Crippen LogP contribution in [0.3, 0.4) is 0 Å². The zero-order valence-corrected chi connectivity index (χ0v) is 37.5. The van der Waals surface area contributed by atoms with Crippen LogP contribution in [0.25, 0.3) is 43.1 Å². The number of rotatable bonds is 2. The third-order valence-electron chi connectivity index (χ3n) is 12.6. The molecular formula is C49H53Br2N9. The number of fused-ring (bicyclic) bond motifs is 7. The summed E-state index contributed by atoms with van der Waals surface area (Å²) in [6, 6.07) is 34.8. The summed E-state index contributed by atoms with van der Waals surface area (Å²) in [4.78, 5) is 26.8. The lowest BCUT2D eigenvalue weighted by molar-refractivity contribution is 0.346. The standard InChI is InChI=1S/C28H32N6.C14H8Br2.C7H13N3/c1-2-10-22-21(9-1)25(33-19-7-17-31-15-5-13-29-27(31)33)23-11-3-4-12-24(23)26(22)34-20-8-18-32-16-6-14-30-28(32)34;15-13-9-5-1-2-6-10(9)14(16)12-8-4-3-7-11(12)13;1-3-8-7-9-4-2-6-10(7)5-1/h1-4,9-12H,5-8,13-20H2;1-8H;1-6H2,(H,8,9). The Morgan fingerprint density at radius 1 is 0.383 bits per heavy atom. The van der Waals surface area contributed by atoms with Crippen molar-refractivity contribution in [1.82, 2.24) is 20.0 Å². The molecule has 0 amide bonds. The number of benzene rings is 6. The number of hydrogen-bond acceptors (Lipinski definition) is 9. The molecule has 9 nitrogen and oxygen atoms in total. The summed E-state index contributed by atoms with van der Waals surface area (Å²) in [6.45, 7) is 12.9. The van der Waals surface area contributed by atoms with E-state index in [1.807, 2.05) is 0 Å². The SMILES string of the molecule is Brc1c2ccccc2c(Br)c2ccccc12.C1CN=C2NCCCN2C1.c1ccc2c(N3CCCN4CCCN=C43)c3ccccc3c(N3CCCN4CCCN=C43)c2c1. The molecule has 6 heterocycles. The van der Waals surface area contributed by atoms with E-state index in [4.69, 9.17) is 9.98 Å². The summed E-state index contributed by atoms with van der Waals surface area (Å²) >= 11 is 7.39. The van der Waals surface area contributed by atoms with Gasteiger partial charge in [0.15, 0.2) is 5.96 Å². The van der Waals surface area contributed by atoms with Crippen LogP contribution >= 0.6 is 31.9 Å². The van der Waals surface area contributed by atoms with Crippen LogP contribution in [-0.4, -0.2) is 111 Å². The predicted octanol–water partition coefficient (Wildman–Crippen LogP) is 10.1. The van der Waals surface area contributed by atoms with E-state index in [1.165, 1.54) is 114 Å². The van der Waals surface area contributed by atoms with E-state index >= 15 is 0 Å². The highest BCUT2D eigenvalue weighted by Crippen LogP contribution is 2.45. The highest BCUT2D eigenvalue weighted by molar-refractivity contribution is 9.11. The Kier molecular flexibility index (Phi) is 11.5. The topological polar surface area (TPSA) is 65.3 Å². The molecule has 11 heteroatoms. The van der Waals surface area contributed by atoms with Gasteiger partial charge in [0.25, 0.3) is 0 Å². The summed E-state index contributed by atoms with van der Waals surface area (Å²) in [6.07, 6.45) is 7.14. The number of nitrogens with zero attached hydrogens (tertiary/aromatic N) is 8. The molecule has 3 fully saturated rings. The van der Waals surface area contributed by atoms with Gasteiger partial charge >= 0.3 is 0 Å². The molecule has 0 bridgehead atoms. The van der Waals surface area contributed by atoms with Gasteiger partial charge in [-0.05, 0) is 91.9 Å². The zero-order chi connectivity index (χ0) is 40.4. The Morgan fingerprint density at radius 3 is 1.15 bits per heavy atom. The van der Waals surface area contributed by atoms with Crippen LogP contribution in [0.4, 0.5) is 11.4 Å². The van der Waals surface area contributed by atoms with Crippen LogP contribution in [-0.2, 0) is 0 Å². The van der Waals surface area contributed by atoms with E-state index in [1.54, 1.807) is 0 Å². The lowest BCUT2D eigenvalue weighted by Crippen LogP contribution is -2.53. The highest BCUT2D eigenvalue weighted by Gasteiger charge is 2.33. The van der Waals surface area contributed by atoms with Gasteiger partial charge < -0.3 is 29.8 Å². The largest absolute Gasteiger partial charge is 0.356 e. The van der Waals surface area contributed by atoms with Crippen molar-refractivity contribution in [3.05, 3.63) is 106 Å². The van der Waals surface area contributed by atoms with Crippen molar-refractivity contribution in [2.24, 2.45) is 15.0 Å². The van der Waals surface area contributed by atoms with Crippen molar-refractivity contribution < 1.29 is 0 Å². The second-order valence-electron chi connectivity index (χ2n) is 16.4. The maximum Gasteiger partial charge on any atom is 0.201 e. The fourth-order valence-electron chi connectivity index (χ4n) is 9.87. The molecule has 308 valence electrons. The molecule has 0 unspecified atom stereocenters. The van der Waals surface area contributed by atoms with Crippen LogP contribution in [0.15, 0.2) is 121 Å². The molecule has 0 saturated carbocycles. The maximum absolute atomic E-state index is 5.02. The van der Waals surface area contributed by atoms with Gasteiger partial charge in [-0.3, -0.25) is 15.0 Å². The van der Waals surface area contributed by atoms with Gasteiger partial charge in [-0.25, -0.2) is 0 Å². The van der Waals surface area contributed by atoms with E-state index in [0.717, 1.165) is 84.2 Å². The van der Waals surface area contributed by atoms with Gasteiger partial charge in [-0.15, -0.1) is 0 Å². The summed E-state index contributed by atoms with van der Waals surface area (Å²) in [5.74, 6) is 3.47. The van der Waals surface area contributed by atoms with Crippen molar-refractivity contribution >= 4 is 104 Å². The van der Waals surface area contributed by atoms with Crippen molar-refractivity contribution in [3.63, 3.8) is 0 Å². The Labute approximate surface area is 370 Å². The van der Waals surface area contributed by atoms with Crippen LogP contribution in [0.5, 0.6) is 0 Å². The Hall–Kier alpha value is -4.87. The first-order valence-electron chi connectivity index (χ1n) is 22.0. The van der Waals surface area contributed by atoms with Crippen LogP contribution < -0.4 is 15.1 Å². The number of aliphatic imine (C=N–C) groups is 3. The summed E-state index contributed by atoms with van der Waals surface area (Å²) in [7, 11) is 0. The van der Waals surface area contributed by atoms with Gasteiger partial charge in [-0.2, -0.15) is 0 Å². The van der Waals surface area contributed by atoms with E-state index in [9.17, 15) is 0 Å². The van der Waals surface area contributed by atoms with E-state index in [2.05, 4.69) is 164 Å². The number of hydrogen-bond donors (Lipinski definition) is 1. The maximum atomic E-state index is 5.02. The molecule has 1 N–H and O–H groups in total. The van der Waals surface area contributed by atoms with E-state index < -0.39 is 0 Å². The fourth-order valence-corrected chi connectivity index (χ4v) is 11.3. The number of anilines is 2. The number of halogens is 2. The lowest BCUT2D eigenvalue weighted by atomic mass is 9.96. The first-order chi connectivity index (χ1) is 29.7. The molecule has 6 aliphatic heterocycles. The minimum Gasteiger partial charge on any atom is -0.356 e. The first-order valence-corrected chi connectivity index (χ1v) is 23.6. The average Bonchev–Trinajstić information content (AvgIpc) is 3.33. The molecule has 0 aromatic heterocycles. The summed E-state index contributed by atoms with van der Waals surface area (Å²) < 4.78 is 2.34. The highest BCUT2D eigenvalue weighted by atomic mass is 79.9. The van der Waals surface area contributed by atoms with Crippen molar-refractivity contribution in [3.8, 4) is 0 Å². The van der Waals surface area contributed by atoms with Crippen molar-refractivity contribution in [1.29, 1.82) is 0 Å². The lowest BCUT2D eigenvalue weighted by Gasteiger charge is -2.43. The normalized spacial score (nSPS) is 18.9.